The standard InChI is InChI=1S/C8H12F3NO2S/c1-2-3-6-12-15(13,14)7-4-5-8(9,10)11/h1,12H,3-7H2. The third-order valence-electron chi connectivity index (χ3n) is 1.46. The Hall–Kier alpha value is -0.740. The third kappa shape index (κ3) is 9.56. The third-order valence-corrected chi connectivity index (χ3v) is 2.93. The number of alkyl halides is 3. The molecule has 0 heterocycles. The summed E-state index contributed by atoms with van der Waals surface area (Å²) in [6.07, 6.45) is -0.739. The maximum Gasteiger partial charge on any atom is 0.389 e. The zero-order chi connectivity index (χ0) is 11.9. The van der Waals surface area contributed by atoms with E-state index in [9.17, 15) is 21.6 Å². The quantitative estimate of drug-likeness (QED) is 0.564. The lowest BCUT2D eigenvalue weighted by Gasteiger charge is -2.07. The predicted molar refractivity (Wildman–Crippen MR) is 50.5 cm³/mol. The van der Waals surface area contributed by atoms with Gasteiger partial charge in [0.05, 0.1) is 5.75 Å². The van der Waals surface area contributed by atoms with Crippen molar-refractivity contribution in [2.75, 3.05) is 12.3 Å². The van der Waals surface area contributed by atoms with E-state index >= 15 is 0 Å². The van der Waals surface area contributed by atoms with Crippen molar-refractivity contribution in [3.05, 3.63) is 0 Å². The highest BCUT2D eigenvalue weighted by molar-refractivity contribution is 7.89. The van der Waals surface area contributed by atoms with E-state index in [2.05, 4.69) is 10.6 Å². The summed E-state index contributed by atoms with van der Waals surface area (Å²) >= 11 is 0. The van der Waals surface area contributed by atoms with E-state index in [0.717, 1.165) is 0 Å². The largest absolute Gasteiger partial charge is 0.389 e. The highest BCUT2D eigenvalue weighted by atomic mass is 32.2. The van der Waals surface area contributed by atoms with Gasteiger partial charge in [-0.25, -0.2) is 13.1 Å². The Morgan fingerprint density at radius 2 is 1.93 bits per heavy atom. The molecule has 3 nitrogen and oxygen atoms in total. The van der Waals surface area contributed by atoms with Gasteiger partial charge in [0.2, 0.25) is 10.0 Å². The lowest BCUT2D eigenvalue weighted by molar-refractivity contribution is -0.134. The van der Waals surface area contributed by atoms with E-state index in [1.54, 1.807) is 0 Å². The predicted octanol–water partition coefficient (Wildman–Crippen LogP) is 1.27. The van der Waals surface area contributed by atoms with Gasteiger partial charge in [0.15, 0.2) is 0 Å². The normalized spacial score (nSPS) is 12.4. The average molecular weight is 243 g/mol. The van der Waals surface area contributed by atoms with Crippen molar-refractivity contribution in [3.8, 4) is 12.3 Å². The minimum atomic E-state index is -4.31. The van der Waals surface area contributed by atoms with E-state index in [4.69, 9.17) is 6.42 Å². The molecule has 0 amide bonds. The second kappa shape index (κ2) is 5.98. The van der Waals surface area contributed by atoms with Gasteiger partial charge in [-0.05, 0) is 6.42 Å². The number of rotatable bonds is 6. The number of hydrogen-bond acceptors (Lipinski definition) is 2. The Morgan fingerprint density at radius 3 is 2.40 bits per heavy atom. The van der Waals surface area contributed by atoms with Gasteiger partial charge in [-0.15, -0.1) is 12.3 Å². The number of terminal acetylenes is 1. The summed E-state index contributed by atoms with van der Waals surface area (Å²) in [7, 11) is -3.62. The first-order valence-corrected chi connectivity index (χ1v) is 5.89. The van der Waals surface area contributed by atoms with Crippen molar-refractivity contribution in [1.82, 2.24) is 4.72 Å². The molecule has 0 radical (unpaired) electrons. The molecular weight excluding hydrogens is 231 g/mol. The van der Waals surface area contributed by atoms with Crippen LogP contribution >= 0.6 is 0 Å². The number of halogens is 3. The van der Waals surface area contributed by atoms with E-state index in [1.165, 1.54) is 0 Å². The Morgan fingerprint density at radius 1 is 1.33 bits per heavy atom. The van der Waals surface area contributed by atoms with Gasteiger partial charge >= 0.3 is 6.18 Å². The van der Waals surface area contributed by atoms with Crippen LogP contribution in [0.1, 0.15) is 19.3 Å². The lowest BCUT2D eigenvalue weighted by Crippen LogP contribution is -2.27. The molecule has 0 spiro atoms. The summed E-state index contributed by atoms with van der Waals surface area (Å²) in [6.45, 7) is 0.0604. The molecule has 0 aliphatic heterocycles. The van der Waals surface area contributed by atoms with Crippen molar-refractivity contribution < 1.29 is 21.6 Å². The maximum absolute atomic E-state index is 11.7. The van der Waals surface area contributed by atoms with E-state index in [-0.39, 0.29) is 13.0 Å². The highest BCUT2D eigenvalue weighted by Gasteiger charge is 2.27. The van der Waals surface area contributed by atoms with Crippen LogP contribution in [0.3, 0.4) is 0 Å². The number of hydrogen-bond donors (Lipinski definition) is 1. The molecule has 7 heteroatoms. The molecule has 0 bridgehead atoms. The van der Waals surface area contributed by atoms with Crippen LogP contribution in [0.25, 0.3) is 0 Å². The number of sulfonamides is 1. The van der Waals surface area contributed by atoms with Crippen LogP contribution < -0.4 is 4.72 Å². The molecule has 88 valence electrons. The first-order chi connectivity index (χ1) is 6.77. The molecule has 0 aromatic rings. The number of nitrogens with one attached hydrogen (secondary N) is 1. The van der Waals surface area contributed by atoms with E-state index in [1.807, 2.05) is 0 Å². The van der Waals surface area contributed by atoms with Crippen LogP contribution in [0.15, 0.2) is 0 Å². The van der Waals surface area contributed by atoms with Crippen molar-refractivity contribution in [2.24, 2.45) is 0 Å². The minimum Gasteiger partial charge on any atom is -0.214 e. The fourth-order valence-electron chi connectivity index (χ4n) is 0.814. The van der Waals surface area contributed by atoms with Crippen LogP contribution in [0.4, 0.5) is 13.2 Å². The van der Waals surface area contributed by atoms with Crippen LogP contribution in [-0.4, -0.2) is 26.9 Å². The maximum atomic E-state index is 11.7. The summed E-state index contributed by atoms with van der Waals surface area (Å²) in [6, 6.07) is 0. The molecule has 0 rings (SSSR count). The Balaban J connectivity index is 3.81. The van der Waals surface area contributed by atoms with Crippen molar-refractivity contribution in [3.63, 3.8) is 0 Å². The fraction of sp³-hybridized carbons (Fsp3) is 0.750. The smallest absolute Gasteiger partial charge is 0.214 e. The molecule has 0 aromatic carbocycles. The molecule has 0 aliphatic carbocycles. The van der Waals surface area contributed by atoms with Crippen molar-refractivity contribution >= 4 is 10.0 Å². The summed E-state index contributed by atoms with van der Waals surface area (Å²) < 4.78 is 59.3. The first-order valence-electron chi connectivity index (χ1n) is 4.24. The monoisotopic (exact) mass is 243 g/mol. The van der Waals surface area contributed by atoms with Gasteiger partial charge in [0, 0.05) is 19.4 Å². The lowest BCUT2D eigenvalue weighted by atomic mass is 10.3. The molecule has 0 unspecified atom stereocenters. The fourth-order valence-corrected chi connectivity index (χ4v) is 1.90. The van der Waals surface area contributed by atoms with Gasteiger partial charge in [-0.2, -0.15) is 13.2 Å². The van der Waals surface area contributed by atoms with Gasteiger partial charge in [0.25, 0.3) is 0 Å². The van der Waals surface area contributed by atoms with E-state index in [0.29, 0.717) is 0 Å². The molecule has 15 heavy (non-hydrogen) atoms. The molecular formula is C8H12F3NO2S. The molecule has 0 atom stereocenters. The van der Waals surface area contributed by atoms with Gasteiger partial charge in [-0.3, -0.25) is 0 Å². The zero-order valence-electron chi connectivity index (χ0n) is 7.97. The molecule has 0 fully saturated rings. The summed E-state index contributed by atoms with van der Waals surface area (Å²) in [5, 5.41) is 0. The van der Waals surface area contributed by atoms with Crippen molar-refractivity contribution in [1.29, 1.82) is 0 Å². The van der Waals surface area contributed by atoms with E-state index < -0.39 is 34.8 Å². The van der Waals surface area contributed by atoms with Crippen LogP contribution in [0, 0.1) is 12.3 Å². The second-order valence-corrected chi connectivity index (χ2v) is 4.81. The van der Waals surface area contributed by atoms with Crippen LogP contribution in [-0.2, 0) is 10.0 Å². The Labute approximate surface area is 87.1 Å². The Kier molecular flexibility index (Phi) is 5.68. The molecule has 0 saturated carbocycles. The molecule has 0 saturated heterocycles. The second-order valence-electron chi connectivity index (χ2n) is 2.89. The van der Waals surface area contributed by atoms with Gasteiger partial charge < -0.3 is 0 Å². The zero-order valence-corrected chi connectivity index (χ0v) is 8.79. The highest BCUT2D eigenvalue weighted by Crippen LogP contribution is 2.21. The van der Waals surface area contributed by atoms with Gasteiger partial charge in [0.1, 0.15) is 0 Å². The summed E-state index contributed by atoms with van der Waals surface area (Å²) in [4.78, 5) is 0. The van der Waals surface area contributed by atoms with Crippen LogP contribution in [0.2, 0.25) is 0 Å². The van der Waals surface area contributed by atoms with Gasteiger partial charge in [-0.1, -0.05) is 0 Å². The Bertz CT molecular complexity index is 316. The SMILES string of the molecule is C#CCCNS(=O)(=O)CCCC(F)(F)F. The first kappa shape index (κ1) is 14.3. The average Bonchev–Trinajstić information content (AvgIpc) is 2.01. The molecule has 1 N–H and O–H groups in total. The summed E-state index contributed by atoms with van der Waals surface area (Å²) in [5.41, 5.74) is 0. The minimum absolute atomic E-state index is 0.0604. The summed E-state index contributed by atoms with van der Waals surface area (Å²) in [5.74, 6) is 1.68. The van der Waals surface area contributed by atoms with Crippen LogP contribution in [0.5, 0.6) is 0 Å². The van der Waals surface area contributed by atoms with Crippen molar-refractivity contribution in [2.45, 2.75) is 25.4 Å². The topological polar surface area (TPSA) is 46.2 Å². The molecule has 0 aliphatic rings. The molecule has 0 aromatic heterocycles.